The van der Waals surface area contributed by atoms with E-state index in [4.69, 9.17) is 9.47 Å². The number of rotatable bonds is 1. The largest absolute Gasteiger partial charge is 0.437 e. The van der Waals surface area contributed by atoms with Gasteiger partial charge in [0.25, 0.3) is 0 Å². The number of carbonyl (C=O) groups excluding carboxylic acids is 2. The number of benzene rings is 1. The van der Waals surface area contributed by atoms with Gasteiger partial charge in [0, 0.05) is 33.0 Å². The zero-order chi connectivity index (χ0) is 16.7. The normalized spacial score (nSPS) is 26.3. The standard InChI is InChI=1S/C16H20N2O5/c1-15(21)16(23-13(19)17(15)2)8-10-18(11-9-16)14(20)22-12-6-4-3-5-7-12/h3-7,21H,8-11H2,1-2H3. The molecule has 2 aliphatic heterocycles. The van der Waals surface area contributed by atoms with E-state index < -0.39 is 23.5 Å². The molecule has 2 aliphatic rings. The Labute approximate surface area is 134 Å². The molecule has 7 heteroatoms. The molecule has 1 spiro atoms. The number of nitrogens with zero attached hydrogens (tertiary/aromatic N) is 2. The highest BCUT2D eigenvalue weighted by Crippen LogP contribution is 2.43. The minimum atomic E-state index is -1.39. The van der Waals surface area contributed by atoms with Crippen LogP contribution >= 0.6 is 0 Å². The van der Waals surface area contributed by atoms with Crippen molar-refractivity contribution in [3.8, 4) is 5.75 Å². The van der Waals surface area contributed by atoms with E-state index in [0.29, 0.717) is 31.7 Å². The summed E-state index contributed by atoms with van der Waals surface area (Å²) >= 11 is 0. The van der Waals surface area contributed by atoms with Gasteiger partial charge in [0.2, 0.25) is 0 Å². The van der Waals surface area contributed by atoms with Gasteiger partial charge in [0.1, 0.15) is 5.75 Å². The lowest BCUT2D eigenvalue weighted by Gasteiger charge is -2.43. The molecule has 0 radical (unpaired) electrons. The summed E-state index contributed by atoms with van der Waals surface area (Å²) in [7, 11) is 1.51. The predicted octanol–water partition coefficient (Wildman–Crippen LogP) is 1.81. The lowest BCUT2D eigenvalue weighted by Crippen LogP contribution is -2.60. The van der Waals surface area contributed by atoms with Crippen LogP contribution < -0.4 is 4.74 Å². The number of amides is 2. The maximum absolute atomic E-state index is 12.2. The van der Waals surface area contributed by atoms with Crippen molar-refractivity contribution in [1.29, 1.82) is 0 Å². The Morgan fingerprint density at radius 2 is 1.87 bits per heavy atom. The Balaban J connectivity index is 1.65. The smallest absolute Gasteiger partial charge is 0.415 e. The molecule has 0 aliphatic carbocycles. The highest BCUT2D eigenvalue weighted by molar-refractivity contribution is 5.73. The van der Waals surface area contributed by atoms with Crippen LogP contribution in [0.3, 0.4) is 0 Å². The van der Waals surface area contributed by atoms with Gasteiger partial charge in [-0.1, -0.05) is 18.2 Å². The van der Waals surface area contributed by atoms with Gasteiger partial charge in [0.05, 0.1) is 0 Å². The van der Waals surface area contributed by atoms with Crippen LogP contribution in [0.15, 0.2) is 30.3 Å². The van der Waals surface area contributed by atoms with Crippen molar-refractivity contribution in [1.82, 2.24) is 9.80 Å². The molecule has 7 nitrogen and oxygen atoms in total. The lowest BCUT2D eigenvalue weighted by molar-refractivity contribution is -0.158. The van der Waals surface area contributed by atoms with Crippen LogP contribution in [0.4, 0.5) is 9.59 Å². The number of para-hydroxylation sites is 1. The van der Waals surface area contributed by atoms with Crippen LogP contribution in [0.5, 0.6) is 5.75 Å². The zero-order valence-electron chi connectivity index (χ0n) is 13.2. The molecule has 1 N–H and O–H groups in total. The number of ether oxygens (including phenoxy) is 2. The quantitative estimate of drug-likeness (QED) is 0.854. The van der Waals surface area contributed by atoms with Gasteiger partial charge in [-0.2, -0.15) is 0 Å². The molecule has 0 aromatic heterocycles. The number of likely N-dealkylation sites (tertiary alicyclic amines) is 1. The molecule has 2 fully saturated rings. The van der Waals surface area contributed by atoms with Crippen molar-refractivity contribution in [3.63, 3.8) is 0 Å². The van der Waals surface area contributed by atoms with Crippen molar-refractivity contribution in [2.24, 2.45) is 0 Å². The van der Waals surface area contributed by atoms with E-state index in [9.17, 15) is 14.7 Å². The van der Waals surface area contributed by atoms with Crippen LogP contribution in [-0.2, 0) is 4.74 Å². The SMILES string of the molecule is CN1C(=O)OC2(CCN(C(=O)Oc3ccccc3)CC2)C1(C)O. The third-order valence-corrected chi connectivity index (χ3v) is 4.85. The summed E-state index contributed by atoms with van der Waals surface area (Å²) in [5, 5.41) is 10.6. The summed E-state index contributed by atoms with van der Waals surface area (Å²) in [4.78, 5) is 26.7. The topological polar surface area (TPSA) is 79.3 Å². The lowest BCUT2D eigenvalue weighted by atomic mass is 9.82. The summed E-state index contributed by atoms with van der Waals surface area (Å²) in [6.45, 7) is 2.27. The molecular formula is C16H20N2O5. The third-order valence-electron chi connectivity index (χ3n) is 4.85. The first-order valence-electron chi connectivity index (χ1n) is 7.57. The van der Waals surface area contributed by atoms with E-state index in [-0.39, 0.29) is 0 Å². The molecule has 2 saturated heterocycles. The highest BCUT2D eigenvalue weighted by atomic mass is 16.6. The van der Waals surface area contributed by atoms with E-state index in [2.05, 4.69) is 0 Å². The summed E-state index contributed by atoms with van der Waals surface area (Å²) in [5.74, 6) is 0.483. The fourth-order valence-corrected chi connectivity index (χ4v) is 3.10. The average molecular weight is 320 g/mol. The van der Waals surface area contributed by atoms with Gasteiger partial charge in [0.15, 0.2) is 11.3 Å². The molecule has 3 rings (SSSR count). The third kappa shape index (κ3) is 2.50. The molecule has 0 saturated carbocycles. The first-order chi connectivity index (χ1) is 10.9. The second-order valence-electron chi connectivity index (χ2n) is 6.11. The Morgan fingerprint density at radius 3 is 2.39 bits per heavy atom. The Kier molecular flexibility index (Phi) is 3.68. The number of likely N-dealkylation sites (N-methyl/N-ethyl adjacent to an activating group) is 1. The number of carbonyl (C=O) groups is 2. The average Bonchev–Trinajstić information content (AvgIpc) is 2.70. The first-order valence-corrected chi connectivity index (χ1v) is 7.57. The van der Waals surface area contributed by atoms with Gasteiger partial charge in [-0.25, -0.2) is 9.59 Å². The Hall–Kier alpha value is -2.28. The molecular weight excluding hydrogens is 300 g/mol. The van der Waals surface area contributed by atoms with Gasteiger partial charge in [-0.05, 0) is 19.1 Å². The summed E-state index contributed by atoms with van der Waals surface area (Å²) in [6, 6.07) is 8.84. The van der Waals surface area contributed by atoms with Crippen LogP contribution in [0.2, 0.25) is 0 Å². The Morgan fingerprint density at radius 1 is 1.26 bits per heavy atom. The fourth-order valence-electron chi connectivity index (χ4n) is 3.10. The molecule has 1 unspecified atom stereocenters. The molecule has 1 aromatic rings. The van der Waals surface area contributed by atoms with E-state index in [1.54, 1.807) is 36.1 Å². The van der Waals surface area contributed by atoms with E-state index >= 15 is 0 Å². The van der Waals surface area contributed by atoms with E-state index in [1.807, 2.05) is 6.07 Å². The summed E-state index contributed by atoms with van der Waals surface area (Å²) < 4.78 is 10.7. The zero-order valence-corrected chi connectivity index (χ0v) is 13.2. The molecule has 1 atom stereocenters. The van der Waals surface area contributed by atoms with Crippen LogP contribution in [-0.4, -0.2) is 58.6 Å². The van der Waals surface area contributed by atoms with Gasteiger partial charge in [-0.15, -0.1) is 0 Å². The van der Waals surface area contributed by atoms with Gasteiger partial charge in [-0.3, -0.25) is 4.90 Å². The molecule has 0 bridgehead atoms. The number of aliphatic hydroxyl groups is 1. The molecule has 23 heavy (non-hydrogen) atoms. The minimum absolute atomic E-state index is 0.350. The first kappa shape index (κ1) is 15.6. The maximum Gasteiger partial charge on any atom is 0.415 e. The van der Waals surface area contributed by atoms with E-state index in [0.717, 1.165) is 0 Å². The van der Waals surface area contributed by atoms with Gasteiger partial charge >= 0.3 is 12.2 Å². The monoisotopic (exact) mass is 320 g/mol. The minimum Gasteiger partial charge on any atom is -0.437 e. The fraction of sp³-hybridized carbons (Fsp3) is 0.500. The van der Waals surface area contributed by atoms with Crippen molar-refractivity contribution in [2.75, 3.05) is 20.1 Å². The van der Waals surface area contributed by atoms with E-state index in [1.165, 1.54) is 11.9 Å². The number of piperidine rings is 1. The number of hydrogen-bond acceptors (Lipinski definition) is 5. The van der Waals surface area contributed by atoms with Crippen molar-refractivity contribution in [3.05, 3.63) is 30.3 Å². The maximum atomic E-state index is 12.2. The second kappa shape index (κ2) is 5.42. The second-order valence-corrected chi connectivity index (χ2v) is 6.11. The molecule has 1 aromatic carbocycles. The van der Waals surface area contributed by atoms with Crippen molar-refractivity contribution >= 4 is 12.2 Å². The Bertz CT molecular complexity index is 608. The van der Waals surface area contributed by atoms with Crippen LogP contribution in [0, 0.1) is 0 Å². The van der Waals surface area contributed by atoms with Gasteiger partial charge < -0.3 is 19.5 Å². The van der Waals surface area contributed by atoms with Crippen LogP contribution in [0.1, 0.15) is 19.8 Å². The van der Waals surface area contributed by atoms with Crippen LogP contribution in [0.25, 0.3) is 0 Å². The molecule has 124 valence electrons. The molecule has 2 heterocycles. The summed E-state index contributed by atoms with van der Waals surface area (Å²) in [6.07, 6.45) is -0.265. The predicted molar refractivity (Wildman–Crippen MR) is 80.9 cm³/mol. The highest BCUT2D eigenvalue weighted by Gasteiger charge is 2.61. The molecule has 2 amide bonds. The summed E-state index contributed by atoms with van der Waals surface area (Å²) in [5.41, 5.74) is -2.37. The van der Waals surface area contributed by atoms with Crippen molar-refractivity contribution in [2.45, 2.75) is 31.1 Å². The van der Waals surface area contributed by atoms with Crippen molar-refractivity contribution < 1.29 is 24.2 Å². The number of hydrogen-bond donors (Lipinski definition) is 1.